The van der Waals surface area contributed by atoms with Gasteiger partial charge in [0.15, 0.2) is 5.65 Å². The number of rotatable bonds is 5. The molecule has 5 rings (SSSR count). The van der Waals surface area contributed by atoms with Crippen LogP contribution in [0.4, 0.5) is 0 Å². The molecule has 8 heteroatoms. The van der Waals surface area contributed by atoms with E-state index in [2.05, 4.69) is 21.1 Å². The van der Waals surface area contributed by atoms with Gasteiger partial charge in [-0.25, -0.2) is 9.50 Å². The van der Waals surface area contributed by atoms with Crippen molar-refractivity contribution >= 4 is 28.2 Å². The Morgan fingerprint density at radius 1 is 1.07 bits per heavy atom. The van der Waals surface area contributed by atoms with E-state index in [9.17, 15) is 0 Å². The van der Waals surface area contributed by atoms with E-state index in [1.54, 1.807) is 17.1 Å². The highest BCUT2D eigenvalue weighted by atomic mass is 35.5. The molecule has 0 fully saturated rings. The summed E-state index contributed by atoms with van der Waals surface area (Å²) in [7, 11) is 0. The van der Waals surface area contributed by atoms with Crippen LogP contribution in [0.25, 0.3) is 27.8 Å². The number of nitrogens with zero attached hydrogens (tertiary/aromatic N) is 6. The Morgan fingerprint density at radius 3 is 2.90 bits per heavy atom. The van der Waals surface area contributed by atoms with E-state index >= 15 is 0 Å². The summed E-state index contributed by atoms with van der Waals surface area (Å²) in [5.41, 5.74) is 5.25. The predicted octanol–water partition coefficient (Wildman–Crippen LogP) is 3.38. The van der Waals surface area contributed by atoms with Gasteiger partial charge in [-0.15, -0.1) is 0 Å². The minimum atomic E-state index is 0.0429. The minimum Gasteiger partial charge on any atom is -0.394 e. The van der Waals surface area contributed by atoms with E-state index in [-0.39, 0.29) is 6.61 Å². The Bertz CT molecular complexity index is 1330. The van der Waals surface area contributed by atoms with E-state index in [1.165, 1.54) is 0 Å². The first-order valence-corrected chi connectivity index (χ1v) is 9.59. The first-order chi connectivity index (χ1) is 14.2. The van der Waals surface area contributed by atoms with Crippen LogP contribution >= 0.6 is 11.6 Å². The maximum atomic E-state index is 9.07. The van der Waals surface area contributed by atoms with Crippen LogP contribution < -0.4 is 0 Å². The summed E-state index contributed by atoms with van der Waals surface area (Å²) in [6.07, 6.45) is 7.80. The summed E-state index contributed by atoms with van der Waals surface area (Å²) in [5, 5.41) is 19.8. The number of aliphatic hydroxyl groups is 1. The number of halogens is 1. The molecule has 0 unspecified atom stereocenters. The number of aromatic nitrogens is 6. The molecular formula is C21H17ClN6O. The van der Waals surface area contributed by atoms with Crippen LogP contribution in [0.1, 0.15) is 11.3 Å². The Labute approximate surface area is 171 Å². The van der Waals surface area contributed by atoms with E-state index < -0.39 is 0 Å². The molecular weight excluding hydrogens is 388 g/mol. The van der Waals surface area contributed by atoms with Gasteiger partial charge in [0.1, 0.15) is 0 Å². The summed E-state index contributed by atoms with van der Waals surface area (Å²) in [4.78, 5) is 8.82. The highest BCUT2D eigenvalue weighted by molar-refractivity contribution is 6.32. The van der Waals surface area contributed by atoms with Crippen molar-refractivity contribution in [2.45, 2.75) is 13.0 Å². The molecule has 5 aromatic rings. The van der Waals surface area contributed by atoms with Gasteiger partial charge in [0.2, 0.25) is 0 Å². The van der Waals surface area contributed by atoms with Crippen LogP contribution in [0.5, 0.6) is 0 Å². The van der Waals surface area contributed by atoms with Crippen molar-refractivity contribution in [3.8, 4) is 11.3 Å². The van der Waals surface area contributed by atoms with Gasteiger partial charge in [-0.05, 0) is 35.9 Å². The van der Waals surface area contributed by atoms with E-state index in [1.807, 2.05) is 47.2 Å². The fourth-order valence-corrected chi connectivity index (χ4v) is 3.61. The van der Waals surface area contributed by atoms with Crippen molar-refractivity contribution in [3.05, 3.63) is 77.5 Å². The summed E-state index contributed by atoms with van der Waals surface area (Å²) in [5.74, 6) is 0. The number of hydrogen-bond donors (Lipinski definition) is 1. The van der Waals surface area contributed by atoms with Gasteiger partial charge < -0.3 is 5.11 Å². The molecule has 144 valence electrons. The number of pyridine rings is 1. The van der Waals surface area contributed by atoms with Crippen molar-refractivity contribution in [1.82, 2.24) is 29.4 Å². The molecule has 1 aromatic carbocycles. The molecule has 4 heterocycles. The zero-order valence-electron chi connectivity index (χ0n) is 15.4. The normalized spacial score (nSPS) is 11.5. The van der Waals surface area contributed by atoms with Crippen molar-refractivity contribution in [2.24, 2.45) is 0 Å². The summed E-state index contributed by atoms with van der Waals surface area (Å²) in [6.45, 7) is 0.495. The maximum absolute atomic E-state index is 9.07. The molecule has 1 N–H and O–H groups in total. The molecule has 0 saturated carbocycles. The monoisotopic (exact) mass is 404 g/mol. The lowest BCUT2D eigenvalue weighted by Crippen LogP contribution is -2.02. The molecule has 0 aliphatic rings. The number of benzene rings is 1. The maximum Gasteiger partial charge on any atom is 0.153 e. The van der Waals surface area contributed by atoms with E-state index in [4.69, 9.17) is 21.8 Å². The van der Waals surface area contributed by atoms with Crippen molar-refractivity contribution < 1.29 is 5.11 Å². The van der Waals surface area contributed by atoms with Crippen molar-refractivity contribution in [2.75, 3.05) is 6.61 Å². The van der Waals surface area contributed by atoms with Crippen LogP contribution in [0.3, 0.4) is 0 Å². The fraction of sp³-hybridized carbons (Fsp3) is 0.143. The molecule has 7 nitrogen and oxygen atoms in total. The molecule has 0 saturated heterocycles. The van der Waals surface area contributed by atoms with Gasteiger partial charge in [0.05, 0.1) is 42.4 Å². The standard InChI is InChI=1S/C21H17ClN6O/c22-18-10-20-14(2-1-5-23-20)8-15(18)9-17-12-24-21-4-3-19(26-28(17)21)16-11-25-27(13-16)6-7-29/h1-5,8,10-13,29H,6-7,9H2. The van der Waals surface area contributed by atoms with Gasteiger partial charge in [0, 0.05) is 34.8 Å². The Kier molecular flexibility index (Phi) is 4.46. The third-order valence-electron chi connectivity index (χ3n) is 4.83. The Morgan fingerprint density at radius 2 is 2.00 bits per heavy atom. The lowest BCUT2D eigenvalue weighted by molar-refractivity contribution is 0.269. The largest absolute Gasteiger partial charge is 0.394 e. The molecule has 0 amide bonds. The summed E-state index contributed by atoms with van der Waals surface area (Å²) >= 11 is 6.51. The van der Waals surface area contributed by atoms with Crippen LogP contribution in [0.2, 0.25) is 5.02 Å². The average Bonchev–Trinajstić information content (AvgIpc) is 3.36. The highest BCUT2D eigenvalue weighted by Gasteiger charge is 2.12. The number of aliphatic hydroxyl groups excluding tert-OH is 1. The quantitative estimate of drug-likeness (QED) is 0.485. The second-order valence-corrected chi connectivity index (χ2v) is 7.18. The van der Waals surface area contributed by atoms with Gasteiger partial charge >= 0.3 is 0 Å². The number of imidazole rings is 1. The zero-order valence-corrected chi connectivity index (χ0v) is 16.2. The SMILES string of the molecule is OCCn1cc(-c2ccc3ncc(Cc4cc5cccnc5cc4Cl)n3n2)cn1. The van der Waals surface area contributed by atoms with Crippen molar-refractivity contribution in [3.63, 3.8) is 0 Å². The smallest absolute Gasteiger partial charge is 0.153 e. The molecule has 0 atom stereocenters. The van der Waals surface area contributed by atoms with Crippen molar-refractivity contribution in [1.29, 1.82) is 0 Å². The predicted molar refractivity (Wildman–Crippen MR) is 111 cm³/mol. The van der Waals surface area contributed by atoms with Gasteiger partial charge in [-0.1, -0.05) is 17.7 Å². The highest BCUT2D eigenvalue weighted by Crippen LogP contribution is 2.25. The van der Waals surface area contributed by atoms with Crippen LogP contribution in [-0.4, -0.2) is 41.1 Å². The minimum absolute atomic E-state index is 0.0429. The third kappa shape index (κ3) is 3.35. The summed E-state index contributed by atoms with van der Waals surface area (Å²) < 4.78 is 3.53. The zero-order chi connectivity index (χ0) is 19.8. The molecule has 29 heavy (non-hydrogen) atoms. The lowest BCUT2D eigenvalue weighted by atomic mass is 10.1. The van der Waals surface area contributed by atoms with Gasteiger partial charge in [-0.2, -0.15) is 10.2 Å². The second kappa shape index (κ2) is 7.27. The van der Waals surface area contributed by atoms with Gasteiger partial charge in [-0.3, -0.25) is 9.67 Å². The summed E-state index contributed by atoms with van der Waals surface area (Å²) in [6, 6.07) is 11.7. The van der Waals surface area contributed by atoms with Crippen LogP contribution in [0.15, 0.2) is 61.2 Å². The average molecular weight is 405 g/mol. The molecule has 0 aliphatic carbocycles. The Hall–Kier alpha value is -3.29. The first-order valence-electron chi connectivity index (χ1n) is 9.22. The molecule has 0 bridgehead atoms. The number of hydrogen-bond acceptors (Lipinski definition) is 5. The topological polar surface area (TPSA) is 81.1 Å². The molecule has 0 radical (unpaired) electrons. The lowest BCUT2D eigenvalue weighted by Gasteiger charge is -2.07. The molecule has 0 aliphatic heterocycles. The van der Waals surface area contributed by atoms with Crippen LogP contribution in [-0.2, 0) is 13.0 Å². The van der Waals surface area contributed by atoms with Gasteiger partial charge in [0.25, 0.3) is 0 Å². The number of fused-ring (bicyclic) bond motifs is 2. The second-order valence-electron chi connectivity index (χ2n) is 6.77. The molecule has 0 spiro atoms. The van der Waals surface area contributed by atoms with Crippen LogP contribution in [0, 0.1) is 0 Å². The first kappa shape index (κ1) is 17.8. The molecule has 4 aromatic heterocycles. The van der Waals surface area contributed by atoms with E-state index in [0.717, 1.165) is 39.1 Å². The van der Waals surface area contributed by atoms with E-state index in [0.29, 0.717) is 18.0 Å². The Balaban J connectivity index is 1.53. The fourth-order valence-electron chi connectivity index (χ4n) is 3.39. The third-order valence-corrected chi connectivity index (χ3v) is 5.19.